The summed E-state index contributed by atoms with van der Waals surface area (Å²) in [5, 5.41) is 3.84. The first-order valence-corrected chi connectivity index (χ1v) is 8.46. The van der Waals surface area contributed by atoms with Gasteiger partial charge in [0.25, 0.3) is 5.91 Å². The highest BCUT2D eigenvalue weighted by molar-refractivity contribution is 5.81. The molecule has 7 nitrogen and oxygen atoms in total. The molecule has 0 unspecified atom stereocenters. The van der Waals surface area contributed by atoms with E-state index in [4.69, 9.17) is 14.0 Å². The molecule has 1 aromatic carbocycles. The minimum Gasteiger partial charge on any atom is -0.497 e. The summed E-state index contributed by atoms with van der Waals surface area (Å²) in [6, 6.07) is 7.20. The Balaban J connectivity index is 1.60. The molecule has 0 N–H and O–H groups in total. The van der Waals surface area contributed by atoms with Gasteiger partial charge in [0, 0.05) is 13.1 Å². The first-order valence-electron chi connectivity index (χ1n) is 8.46. The SMILES string of the molecule is COc1ccc(O[C@@H](C)C(=O)N2CCC[C@H](c3nc(C)no3)C2)cc1. The van der Waals surface area contributed by atoms with Crippen LogP contribution >= 0.6 is 0 Å². The molecule has 1 aliphatic rings. The molecule has 2 aromatic rings. The number of ether oxygens (including phenoxy) is 2. The molecular formula is C18H23N3O4. The molecule has 0 spiro atoms. The Kier molecular flexibility index (Phi) is 5.21. The predicted molar refractivity (Wildman–Crippen MR) is 90.7 cm³/mol. The zero-order chi connectivity index (χ0) is 17.8. The van der Waals surface area contributed by atoms with Crippen LogP contribution in [0, 0.1) is 6.92 Å². The largest absolute Gasteiger partial charge is 0.497 e. The van der Waals surface area contributed by atoms with Crippen molar-refractivity contribution in [3.05, 3.63) is 36.0 Å². The Morgan fingerprint density at radius 3 is 2.68 bits per heavy atom. The van der Waals surface area contributed by atoms with Gasteiger partial charge in [-0.25, -0.2) is 0 Å². The summed E-state index contributed by atoms with van der Waals surface area (Å²) >= 11 is 0. The van der Waals surface area contributed by atoms with Gasteiger partial charge in [-0.1, -0.05) is 5.16 Å². The molecule has 0 radical (unpaired) electrons. The molecular weight excluding hydrogens is 322 g/mol. The maximum Gasteiger partial charge on any atom is 0.263 e. The van der Waals surface area contributed by atoms with Gasteiger partial charge in [0.05, 0.1) is 13.0 Å². The van der Waals surface area contributed by atoms with E-state index in [9.17, 15) is 4.79 Å². The number of piperidine rings is 1. The number of benzene rings is 1. The van der Waals surface area contributed by atoms with E-state index < -0.39 is 6.10 Å². The fraction of sp³-hybridized carbons (Fsp3) is 0.500. The van der Waals surface area contributed by atoms with Gasteiger partial charge in [-0.05, 0) is 51.0 Å². The second-order valence-electron chi connectivity index (χ2n) is 6.24. The number of hydrogen-bond donors (Lipinski definition) is 0. The van der Waals surface area contributed by atoms with Gasteiger partial charge in [0.15, 0.2) is 11.9 Å². The van der Waals surface area contributed by atoms with Crippen LogP contribution in [0.2, 0.25) is 0 Å². The van der Waals surface area contributed by atoms with E-state index in [1.54, 1.807) is 45.2 Å². The van der Waals surface area contributed by atoms with Gasteiger partial charge in [-0.15, -0.1) is 0 Å². The van der Waals surface area contributed by atoms with Crippen molar-refractivity contribution in [1.82, 2.24) is 15.0 Å². The lowest BCUT2D eigenvalue weighted by atomic mass is 9.97. The van der Waals surface area contributed by atoms with Crippen molar-refractivity contribution in [3.63, 3.8) is 0 Å². The highest BCUT2D eigenvalue weighted by atomic mass is 16.5. The van der Waals surface area contributed by atoms with Crippen LogP contribution in [-0.2, 0) is 4.79 Å². The van der Waals surface area contributed by atoms with Gasteiger partial charge in [-0.3, -0.25) is 4.79 Å². The third-order valence-corrected chi connectivity index (χ3v) is 4.35. The van der Waals surface area contributed by atoms with E-state index >= 15 is 0 Å². The number of nitrogens with zero attached hydrogens (tertiary/aromatic N) is 3. The predicted octanol–water partition coefficient (Wildman–Crippen LogP) is 2.56. The lowest BCUT2D eigenvalue weighted by Crippen LogP contribution is -2.45. The summed E-state index contributed by atoms with van der Waals surface area (Å²) in [6.45, 7) is 4.87. The number of amides is 1. The van der Waals surface area contributed by atoms with Gasteiger partial charge in [0.2, 0.25) is 5.89 Å². The summed E-state index contributed by atoms with van der Waals surface area (Å²) in [7, 11) is 1.61. The molecule has 1 aliphatic heterocycles. The monoisotopic (exact) mass is 345 g/mol. The number of carbonyl (C=O) groups excluding carboxylic acids is 1. The normalized spacial score (nSPS) is 18.7. The molecule has 1 fully saturated rings. The van der Waals surface area contributed by atoms with Crippen molar-refractivity contribution in [2.75, 3.05) is 20.2 Å². The second kappa shape index (κ2) is 7.55. The molecule has 1 amide bonds. The fourth-order valence-corrected chi connectivity index (χ4v) is 3.02. The molecule has 0 aliphatic carbocycles. The van der Waals surface area contributed by atoms with E-state index in [0.717, 1.165) is 25.1 Å². The molecule has 1 saturated heterocycles. The van der Waals surface area contributed by atoms with Gasteiger partial charge in [-0.2, -0.15) is 4.98 Å². The number of likely N-dealkylation sites (tertiary alicyclic amines) is 1. The van der Waals surface area contributed by atoms with Crippen LogP contribution in [0.1, 0.15) is 37.4 Å². The summed E-state index contributed by atoms with van der Waals surface area (Å²) in [5.41, 5.74) is 0. The molecule has 0 saturated carbocycles. The quantitative estimate of drug-likeness (QED) is 0.829. The minimum atomic E-state index is -0.559. The maximum atomic E-state index is 12.7. The Morgan fingerprint density at radius 2 is 2.04 bits per heavy atom. The highest BCUT2D eigenvalue weighted by Crippen LogP contribution is 2.26. The summed E-state index contributed by atoms with van der Waals surface area (Å²) in [4.78, 5) is 18.8. The number of aryl methyl sites for hydroxylation is 1. The minimum absolute atomic E-state index is 0.0308. The Labute approximate surface area is 146 Å². The molecule has 1 aromatic heterocycles. The van der Waals surface area contributed by atoms with Gasteiger partial charge >= 0.3 is 0 Å². The molecule has 2 heterocycles. The number of rotatable bonds is 5. The van der Waals surface area contributed by atoms with Crippen LogP contribution in [-0.4, -0.2) is 47.3 Å². The first kappa shape index (κ1) is 17.3. The van der Waals surface area contributed by atoms with Crippen LogP contribution < -0.4 is 9.47 Å². The molecule has 134 valence electrons. The zero-order valence-corrected chi connectivity index (χ0v) is 14.8. The van der Waals surface area contributed by atoms with Crippen LogP contribution in [0.4, 0.5) is 0 Å². The summed E-state index contributed by atoms with van der Waals surface area (Å²) in [6.07, 6.45) is 1.29. The molecule has 7 heteroatoms. The third-order valence-electron chi connectivity index (χ3n) is 4.35. The number of carbonyl (C=O) groups is 1. The van der Waals surface area contributed by atoms with Crippen LogP contribution in [0.15, 0.2) is 28.8 Å². The van der Waals surface area contributed by atoms with Crippen LogP contribution in [0.3, 0.4) is 0 Å². The van der Waals surface area contributed by atoms with Gasteiger partial charge in [0.1, 0.15) is 11.5 Å². The van der Waals surface area contributed by atoms with E-state index in [0.29, 0.717) is 24.0 Å². The van der Waals surface area contributed by atoms with Crippen molar-refractivity contribution in [2.45, 2.75) is 38.7 Å². The third kappa shape index (κ3) is 4.10. The Hall–Kier alpha value is -2.57. The van der Waals surface area contributed by atoms with E-state index in [-0.39, 0.29) is 11.8 Å². The van der Waals surface area contributed by atoms with Crippen molar-refractivity contribution < 1.29 is 18.8 Å². The lowest BCUT2D eigenvalue weighted by Gasteiger charge is -2.32. The molecule has 0 bridgehead atoms. The number of hydrogen-bond acceptors (Lipinski definition) is 6. The number of aromatic nitrogens is 2. The Morgan fingerprint density at radius 1 is 1.32 bits per heavy atom. The van der Waals surface area contributed by atoms with Crippen LogP contribution in [0.5, 0.6) is 11.5 Å². The van der Waals surface area contributed by atoms with Crippen molar-refractivity contribution in [1.29, 1.82) is 0 Å². The fourth-order valence-electron chi connectivity index (χ4n) is 3.02. The summed E-state index contributed by atoms with van der Waals surface area (Å²) in [5.74, 6) is 2.68. The molecule has 25 heavy (non-hydrogen) atoms. The molecule has 3 rings (SSSR count). The van der Waals surface area contributed by atoms with Crippen molar-refractivity contribution in [3.8, 4) is 11.5 Å². The average molecular weight is 345 g/mol. The summed E-state index contributed by atoms with van der Waals surface area (Å²) < 4.78 is 16.2. The van der Waals surface area contributed by atoms with E-state index in [1.165, 1.54) is 0 Å². The number of methoxy groups -OCH3 is 1. The highest BCUT2D eigenvalue weighted by Gasteiger charge is 2.31. The van der Waals surface area contributed by atoms with Gasteiger partial charge < -0.3 is 18.9 Å². The smallest absolute Gasteiger partial charge is 0.263 e. The Bertz CT molecular complexity index is 713. The van der Waals surface area contributed by atoms with Crippen LogP contribution in [0.25, 0.3) is 0 Å². The molecule has 2 atom stereocenters. The second-order valence-corrected chi connectivity index (χ2v) is 6.24. The van der Waals surface area contributed by atoms with Crippen molar-refractivity contribution >= 4 is 5.91 Å². The average Bonchev–Trinajstić information content (AvgIpc) is 3.08. The van der Waals surface area contributed by atoms with E-state index in [1.807, 2.05) is 4.90 Å². The first-order chi connectivity index (χ1) is 12.1. The lowest BCUT2D eigenvalue weighted by molar-refractivity contribution is -0.139. The zero-order valence-electron chi connectivity index (χ0n) is 14.8. The topological polar surface area (TPSA) is 77.7 Å². The van der Waals surface area contributed by atoms with E-state index in [2.05, 4.69) is 10.1 Å². The standard InChI is InChI=1S/C18H23N3O4/c1-12(24-16-8-6-15(23-3)7-9-16)18(22)21-10-4-5-14(11-21)17-19-13(2)20-25-17/h6-9,12,14H,4-5,10-11H2,1-3H3/t12-,14-/m0/s1. The van der Waals surface area contributed by atoms with Crippen molar-refractivity contribution in [2.24, 2.45) is 0 Å². The maximum absolute atomic E-state index is 12.7.